The minimum Gasteiger partial charge on any atom is -0.323 e. The van der Waals surface area contributed by atoms with Crippen molar-refractivity contribution >= 4 is 16.3 Å². The van der Waals surface area contributed by atoms with Crippen LogP contribution in [-0.2, 0) is 0 Å². The van der Waals surface area contributed by atoms with Crippen molar-refractivity contribution in [3.8, 4) is 11.3 Å². The lowest BCUT2D eigenvalue weighted by atomic mass is 9.97. The van der Waals surface area contributed by atoms with E-state index < -0.39 is 0 Å². The van der Waals surface area contributed by atoms with Gasteiger partial charge in [-0.05, 0) is 67.1 Å². The van der Waals surface area contributed by atoms with Gasteiger partial charge in [-0.25, -0.2) is 0 Å². The number of hydrogen-bond acceptors (Lipinski definition) is 1. The molecule has 4 rings (SSSR count). The van der Waals surface area contributed by atoms with Crippen LogP contribution in [0.2, 0.25) is 0 Å². The molecule has 0 atom stereocenters. The van der Waals surface area contributed by atoms with Gasteiger partial charge in [0.05, 0.1) is 5.69 Å². The highest BCUT2D eigenvalue weighted by molar-refractivity contribution is 5.98. The molecule has 0 saturated heterocycles. The fourth-order valence-corrected chi connectivity index (χ4v) is 3.06. The molecule has 4 aromatic rings. The summed E-state index contributed by atoms with van der Waals surface area (Å²) < 4.78 is 2.17. The maximum Gasteiger partial charge on any atom is 0.0714 e. The average Bonchev–Trinajstić information content (AvgIpc) is 2.95. The van der Waals surface area contributed by atoms with Gasteiger partial charge >= 0.3 is 0 Å². The van der Waals surface area contributed by atoms with E-state index in [1.807, 2.05) is 6.20 Å². The van der Waals surface area contributed by atoms with Crippen molar-refractivity contribution in [2.45, 2.75) is 20.8 Å². The summed E-state index contributed by atoms with van der Waals surface area (Å²) in [5.41, 5.74) is 7.27. The molecule has 0 unspecified atom stereocenters. The Morgan fingerprint density at radius 1 is 0.909 bits per heavy atom. The van der Waals surface area contributed by atoms with Gasteiger partial charge in [0, 0.05) is 35.1 Å². The predicted octanol–water partition coefficient (Wildman–Crippen LogP) is 5.08. The molecule has 0 spiro atoms. The van der Waals surface area contributed by atoms with E-state index in [9.17, 15) is 0 Å². The molecular formula is C20H18N2. The number of nitrogens with zero attached hydrogens (tertiary/aromatic N) is 2. The number of benzene rings is 1. The zero-order valence-corrected chi connectivity index (χ0v) is 13.1. The van der Waals surface area contributed by atoms with E-state index in [-0.39, 0.29) is 0 Å². The van der Waals surface area contributed by atoms with Gasteiger partial charge in [-0.2, -0.15) is 0 Å². The van der Waals surface area contributed by atoms with Crippen LogP contribution in [0.4, 0.5) is 0 Å². The van der Waals surface area contributed by atoms with E-state index in [0.717, 1.165) is 5.69 Å². The van der Waals surface area contributed by atoms with Crippen LogP contribution in [0.15, 0.2) is 55.0 Å². The van der Waals surface area contributed by atoms with E-state index >= 15 is 0 Å². The van der Waals surface area contributed by atoms with Crippen molar-refractivity contribution in [2.24, 2.45) is 0 Å². The topological polar surface area (TPSA) is 17.3 Å². The minimum atomic E-state index is 1.05. The summed E-state index contributed by atoms with van der Waals surface area (Å²) in [5.74, 6) is 0. The van der Waals surface area contributed by atoms with Crippen LogP contribution < -0.4 is 0 Å². The Morgan fingerprint density at radius 3 is 2.59 bits per heavy atom. The highest BCUT2D eigenvalue weighted by Gasteiger charge is 2.10. The summed E-state index contributed by atoms with van der Waals surface area (Å²) in [6.07, 6.45) is 6.27. The van der Waals surface area contributed by atoms with Crippen LogP contribution >= 0.6 is 0 Å². The Balaban J connectivity index is 2.10. The number of aromatic nitrogens is 2. The third-order valence-corrected chi connectivity index (χ3v) is 4.50. The molecule has 1 aromatic carbocycles. The lowest BCUT2D eigenvalue weighted by Crippen LogP contribution is -1.93. The Bertz CT molecular complexity index is 1010. The molecule has 3 heterocycles. The summed E-state index contributed by atoms with van der Waals surface area (Å²) in [6, 6.07) is 13.0. The van der Waals surface area contributed by atoms with E-state index in [0.29, 0.717) is 0 Å². The van der Waals surface area contributed by atoms with E-state index in [4.69, 9.17) is 0 Å². The first-order chi connectivity index (χ1) is 10.6. The SMILES string of the molecule is Cc1cnc(-c2c(C)ccc3cc4cccn4cc23)cc1C. The molecular weight excluding hydrogens is 268 g/mol. The van der Waals surface area contributed by atoms with Crippen molar-refractivity contribution in [3.63, 3.8) is 0 Å². The van der Waals surface area contributed by atoms with E-state index in [1.54, 1.807) is 0 Å². The smallest absolute Gasteiger partial charge is 0.0714 e. The van der Waals surface area contributed by atoms with Gasteiger partial charge in [0.1, 0.15) is 0 Å². The highest BCUT2D eigenvalue weighted by Crippen LogP contribution is 2.32. The van der Waals surface area contributed by atoms with Crippen LogP contribution in [-0.4, -0.2) is 9.38 Å². The monoisotopic (exact) mass is 286 g/mol. The molecule has 2 heteroatoms. The average molecular weight is 286 g/mol. The third-order valence-electron chi connectivity index (χ3n) is 4.50. The van der Waals surface area contributed by atoms with Crippen LogP contribution in [0.25, 0.3) is 27.5 Å². The standard InChI is InChI=1S/C20H18N2/c1-13-6-7-16-10-17-5-4-8-22(17)12-18(16)20(13)19-9-14(2)15(3)11-21-19/h4-12H,1-3H3. The molecule has 0 saturated carbocycles. The van der Waals surface area contributed by atoms with Crippen LogP contribution in [0.3, 0.4) is 0 Å². The van der Waals surface area contributed by atoms with Gasteiger partial charge in [-0.1, -0.05) is 12.1 Å². The van der Waals surface area contributed by atoms with Crippen molar-refractivity contribution in [3.05, 3.63) is 71.7 Å². The number of rotatable bonds is 1. The minimum absolute atomic E-state index is 1.05. The van der Waals surface area contributed by atoms with Crippen LogP contribution in [0.1, 0.15) is 16.7 Å². The summed E-state index contributed by atoms with van der Waals surface area (Å²) in [5, 5.41) is 2.51. The van der Waals surface area contributed by atoms with Gasteiger partial charge in [0.15, 0.2) is 0 Å². The summed E-state index contributed by atoms with van der Waals surface area (Å²) in [6.45, 7) is 6.40. The molecule has 0 fully saturated rings. The maximum atomic E-state index is 4.68. The zero-order valence-electron chi connectivity index (χ0n) is 13.1. The second-order valence-corrected chi connectivity index (χ2v) is 6.03. The largest absolute Gasteiger partial charge is 0.323 e. The highest BCUT2D eigenvalue weighted by atomic mass is 14.8. The quantitative estimate of drug-likeness (QED) is 0.477. The Labute approximate surface area is 130 Å². The molecule has 3 aromatic heterocycles. The first-order valence-corrected chi connectivity index (χ1v) is 7.57. The van der Waals surface area contributed by atoms with Crippen LogP contribution in [0, 0.1) is 20.8 Å². The van der Waals surface area contributed by atoms with Gasteiger partial charge in [0.2, 0.25) is 0 Å². The molecule has 0 bridgehead atoms. The fourth-order valence-electron chi connectivity index (χ4n) is 3.06. The van der Waals surface area contributed by atoms with Gasteiger partial charge in [0.25, 0.3) is 0 Å². The van der Waals surface area contributed by atoms with Gasteiger partial charge in [-0.15, -0.1) is 0 Å². The lowest BCUT2D eigenvalue weighted by molar-refractivity contribution is 1.20. The molecule has 0 aliphatic carbocycles. The number of hydrogen-bond donors (Lipinski definition) is 0. The molecule has 0 amide bonds. The summed E-state index contributed by atoms with van der Waals surface area (Å²) in [4.78, 5) is 4.68. The lowest BCUT2D eigenvalue weighted by Gasteiger charge is -2.12. The van der Waals surface area contributed by atoms with Crippen LogP contribution in [0.5, 0.6) is 0 Å². The molecule has 0 aliphatic rings. The van der Waals surface area contributed by atoms with E-state index in [2.05, 4.69) is 78.9 Å². The number of fused-ring (bicyclic) bond motifs is 2. The molecule has 2 nitrogen and oxygen atoms in total. The fraction of sp³-hybridized carbons (Fsp3) is 0.150. The van der Waals surface area contributed by atoms with Crippen molar-refractivity contribution in [2.75, 3.05) is 0 Å². The third kappa shape index (κ3) is 1.92. The summed E-state index contributed by atoms with van der Waals surface area (Å²) in [7, 11) is 0. The number of pyridine rings is 2. The Kier molecular flexibility index (Phi) is 2.80. The molecule has 22 heavy (non-hydrogen) atoms. The summed E-state index contributed by atoms with van der Waals surface area (Å²) >= 11 is 0. The molecule has 0 aliphatic heterocycles. The van der Waals surface area contributed by atoms with Gasteiger partial charge in [-0.3, -0.25) is 4.98 Å². The molecule has 108 valence electrons. The van der Waals surface area contributed by atoms with Crippen molar-refractivity contribution in [1.29, 1.82) is 0 Å². The normalized spacial score (nSPS) is 11.4. The molecule has 0 N–H and O–H groups in total. The van der Waals surface area contributed by atoms with Gasteiger partial charge < -0.3 is 4.40 Å². The first-order valence-electron chi connectivity index (χ1n) is 7.57. The second kappa shape index (κ2) is 4.70. The predicted molar refractivity (Wildman–Crippen MR) is 92.3 cm³/mol. The maximum absolute atomic E-state index is 4.68. The first kappa shape index (κ1) is 13.1. The second-order valence-electron chi connectivity index (χ2n) is 6.03. The Hall–Kier alpha value is -2.61. The van der Waals surface area contributed by atoms with Crippen molar-refractivity contribution in [1.82, 2.24) is 9.38 Å². The Morgan fingerprint density at radius 2 is 1.77 bits per heavy atom. The van der Waals surface area contributed by atoms with E-state index in [1.165, 1.54) is 38.5 Å². The molecule has 0 radical (unpaired) electrons. The van der Waals surface area contributed by atoms with Crippen molar-refractivity contribution < 1.29 is 0 Å². The zero-order chi connectivity index (χ0) is 15.3. The number of aryl methyl sites for hydroxylation is 3.